The number of aromatic nitrogens is 3. The number of aliphatic hydroxyl groups excluding tert-OH is 1. The van der Waals surface area contributed by atoms with E-state index in [0.29, 0.717) is 5.69 Å². The van der Waals surface area contributed by atoms with Crippen molar-refractivity contribution in [3.63, 3.8) is 0 Å². The van der Waals surface area contributed by atoms with Crippen LogP contribution in [0.25, 0.3) is 0 Å². The first-order valence-corrected chi connectivity index (χ1v) is 4.70. The lowest BCUT2D eigenvalue weighted by atomic mass is 10.3. The predicted octanol–water partition coefficient (Wildman–Crippen LogP) is 0.406. The van der Waals surface area contributed by atoms with Gasteiger partial charge in [-0.25, -0.2) is 4.68 Å². The van der Waals surface area contributed by atoms with Gasteiger partial charge in [0.15, 0.2) is 0 Å². The molecule has 1 N–H and O–H groups in total. The van der Waals surface area contributed by atoms with Gasteiger partial charge in [0.05, 0.1) is 10.6 Å². The maximum absolute atomic E-state index is 10.6. The molecule has 1 aromatic heterocycles. The molecule has 0 aliphatic carbocycles. The lowest BCUT2D eigenvalue weighted by Crippen LogP contribution is -2.29. The second kappa shape index (κ2) is 4.58. The minimum Gasteiger partial charge on any atom is -0.375 e. The fourth-order valence-corrected chi connectivity index (χ4v) is 1.38. The lowest BCUT2D eigenvalue weighted by molar-refractivity contribution is -0.384. The Morgan fingerprint density at radius 2 is 2.12 bits per heavy atom. The highest BCUT2D eigenvalue weighted by atomic mass is 16.6. The molecule has 88 valence electrons. The maximum Gasteiger partial charge on any atom is 0.271 e. The normalized spacial score (nSPS) is 10.2. The topological polar surface area (TPSA) is 97.3 Å². The Balaban J connectivity index is 2.38. The summed E-state index contributed by atoms with van der Waals surface area (Å²) >= 11 is 0. The van der Waals surface area contributed by atoms with E-state index >= 15 is 0 Å². The number of aliphatic hydroxyl groups is 1. The highest BCUT2D eigenvalue weighted by Crippen LogP contribution is 2.20. The van der Waals surface area contributed by atoms with Gasteiger partial charge in [0.2, 0.25) is 0 Å². The summed E-state index contributed by atoms with van der Waals surface area (Å²) in [6.45, 7) is -0.348. The summed E-state index contributed by atoms with van der Waals surface area (Å²) in [5, 5.41) is 28.5. The summed E-state index contributed by atoms with van der Waals surface area (Å²) < 4.78 is 1.43. The summed E-state index contributed by atoms with van der Waals surface area (Å²) in [5.41, 5.74) is 0.426. The molecule has 8 nitrogen and oxygen atoms in total. The summed E-state index contributed by atoms with van der Waals surface area (Å²) in [4.78, 5) is 10.1. The van der Waals surface area contributed by atoms with E-state index < -0.39 is 4.92 Å². The molecule has 1 aromatic carbocycles. The predicted molar refractivity (Wildman–Crippen MR) is 58.1 cm³/mol. The standard InChI is InChI=1S/C9H9N5O3/c15-7-13(12-5-10-11-6-12)8-2-1-3-9(4-8)14(16)17/h1-6,15H,7H2. The number of benzene rings is 1. The van der Waals surface area contributed by atoms with Crippen LogP contribution in [0.5, 0.6) is 0 Å². The largest absolute Gasteiger partial charge is 0.375 e. The van der Waals surface area contributed by atoms with Crippen molar-refractivity contribution in [1.29, 1.82) is 0 Å². The van der Waals surface area contributed by atoms with E-state index in [1.165, 1.54) is 34.5 Å². The summed E-state index contributed by atoms with van der Waals surface area (Å²) in [6, 6.07) is 5.92. The Morgan fingerprint density at radius 3 is 2.71 bits per heavy atom. The Kier molecular flexibility index (Phi) is 2.97. The molecule has 2 rings (SSSR count). The molecule has 0 bridgehead atoms. The second-order valence-corrected chi connectivity index (χ2v) is 3.16. The zero-order valence-electron chi connectivity index (χ0n) is 8.67. The highest BCUT2D eigenvalue weighted by Gasteiger charge is 2.11. The van der Waals surface area contributed by atoms with Crippen LogP contribution in [0, 0.1) is 10.1 Å². The van der Waals surface area contributed by atoms with Gasteiger partial charge in [-0.3, -0.25) is 15.1 Å². The molecule has 0 amide bonds. The van der Waals surface area contributed by atoms with E-state index in [1.807, 2.05) is 0 Å². The minimum atomic E-state index is -0.495. The number of nitrogens with zero attached hydrogens (tertiary/aromatic N) is 5. The van der Waals surface area contributed by atoms with E-state index in [0.717, 1.165) is 0 Å². The number of nitro benzene ring substituents is 1. The fourth-order valence-electron chi connectivity index (χ4n) is 1.38. The van der Waals surface area contributed by atoms with Gasteiger partial charge >= 0.3 is 0 Å². The van der Waals surface area contributed by atoms with Crippen molar-refractivity contribution < 1.29 is 10.0 Å². The Hall–Kier alpha value is -2.48. The van der Waals surface area contributed by atoms with Crippen LogP contribution < -0.4 is 5.01 Å². The van der Waals surface area contributed by atoms with Gasteiger partial charge in [-0.05, 0) is 6.07 Å². The van der Waals surface area contributed by atoms with E-state index in [-0.39, 0.29) is 12.4 Å². The molecule has 2 aromatic rings. The van der Waals surface area contributed by atoms with Gasteiger partial charge in [-0.2, -0.15) is 0 Å². The number of hydrogen-bond donors (Lipinski definition) is 1. The van der Waals surface area contributed by atoms with Crippen LogP contribution >= 0.6 is 0 Å². The fraction of sp³-hybridized carbons (Fsp3) is 0.111. The van der Waals surface area contributed by atoms with Crippen molar-refractivity contribution in [2.45, 2.75) is 0 Å². The van der Waals surface area contributed by atoms with Gasteiger partial charge in [0, 0.05) is 12.1 Å². The summed E-state index contributed by atoms with van der Waals surface area (Å²) in [7, 11) is 0. The Labute approximate surface area is 95.9 Å². The molecule has 1 heterocycles. The molecule has 0 saturated heterocycles. The molecule has 0 aliphatic heterocycles. The van der Waals surface area contributed by atoms with Gasteiger partial charge in [0.25, 0.3) is 5.69 Å². The molecule has 0 atom stereocenters. The van der Waals surface area contributed by atoms with Crippen molar-refractivity contribution in [2.24, 2.45) is 0 Å². The van der Waals surface area contributed by atoms with Crippen molar-refractivity contribution in [1.82, 2.24) is 14.9 Å². The first kappa shape index (κ1) is 11.0. The molecular weight excluding hydrogens is 226 g/mol. The second-order valence-electron chi connectivity index (χ2n) is 3.16. The maximum atomic E-state index is 10.6. The highest BCUT2D eigenvalue weighted by molar-refractivity contribution is 5.52. The van der Waals surface area contributed by atoms with Crippen LogP contribution in [0.2, 0.25) is 0 Å². The smallest absolute Gasteiger partial charge is 0.271 e. The van der Waals surface area contributed by atoms with E-state index in [1.54, 1.807) is 12.1 Å². The molecule has 0 spiro atoms. The number of rotatable bonds is 4. The van der Waals surface area contributed by atoms with Crippen LogP contribution in [0.3, 0.4) is 0 Å². The van der Waals surface area contributed by atoms with Crippen molar-refractivity contribution in [3.05, 3.63) is 47.0 Å². The molecule has 17 heavy (non-hydrogen) atoms. The van der Waals surface area contributed by atoms with Crippen molar-refractivity contribution >= 4 is 11.4 Å². The third kappa shape index (κ3) is 2.21. The van der Waals surface area contributed by atoms with E-state index in [4.69, 9.17) is 0 Å². The quantitative estimate of drug-likeness (QED) is 0.468. The van der Waals surface area contributed by atoms with Crippen molar-refractivity contribution in [2.75, 3.05) is 11.7 Å². The Morgan fingerprint density at radius 1 is 1.41 bits per heavy atom. The van der Waals surface area contributed by atoms with Gasteiger partial charge in [-0.15, -0.1) is 10.2 Å². The first-order chi connectivity index (χ1) is 8.22. The molecule has 0 saturated carbocycles. The number of nitro groups is 1. The van der Waals surface area contributed by atoms with Gasteiger partial charge in [-0.1, -0.05) is 6.07 Å². The summed E-state index contributed by atoms with van der Waals surface area (Å²) in [6.07, 6.45) is 2.77. The third-order valence-electron chi connectivity index (χ3n) is 2.16. The molecule has 8 heteroatoms. The number of non-ortho nitro benzene ring substituents is 1. The zero-order chi connectivity index (χ0) is 12.3. The molecule has 0 aliphatic rings. The van der Waals surface area contributed by atoms with Gasteiger partial charge < -0.3 is 5.11 Å². The third-order valence-corrected chi connectivity index (χ3v) is 2.16. The SMILES string of the molecule is O=[N+]([O-])c1cccc(N(CO)n2cnnc2)c1. The van der Waals surface area contributed by atoms with Crippen LogP contribution in [-0.2, 0) is 0 Å². The van der Waals surface area contributed by atoms with Crippen LogP contribution in [0.15, 0.2) is 36.9 Å². The number of hydrogen-bond acceptors (Lipinski definition) is 6. The van der Waals surface area contributed by atoms with E-state index in [9.17, 15) is 15.2 Å². The van der Waals surface area contributed by atoms with E-state index in [2.05, 4.69) is 10.2 Å². The monoisotopic (exact) mass is 235 g/mol. The first-order valence-electron chi connectivity index (χ1n) is 4.70. The number of anilines is 1. The van der Waals surface area contributed by atoms with Crippen molar-refractivity contribution in [3.8, 4) is 0 Å². The molecular formula is C9H9N5O3. The lowest BCUT2D eigenvalue weighted by Gasteiger charge is -2.21. The molecule has 0 fully saturated rings. The Bertz CT molecular complexity index is 513. The zero-order valence-corrected chi connectivity index (χ0v) is 8.67. The molecule has 0 radical (unpaired) electrons. The van der Waals surface area contributed by atoms with Crippen LogP contribution in [-0.4, -0.2) is 31.6 Å². The average molecular weight is 235 g/mol. The van der Waals surface area contributed by atoms with Gasteiger partial charge in [0.1, 0.15) is 19.4 Å². The van der Waals surface area contributed by atoms with Crippen LogP contribution in [0.1, 0.15) is 0 Å². The molecule has 0 unspecified atom stereocenters. The minimum absolute atomic E-state index is 0.0472. The average Bonchev–Trinajstić information content (AvgIpc) is 2.84. The van der Waals surface area contributed by atoms with Crippen LogP contribution in [0.4, 0.5) is 11.4 Å². The summed E-state index contributed by atoms with van der Waals surface area (Å²) in [5.74, 6) is 0.